The number of nitrogens with zero attached hydrogens (tertiary/aromatic N) is 1. The molecular weight excluding hydrogens is 200 g/mol. The third-order valence-corrected chi connectivity index (χ3v) is 3.71. The molecule has 1 amide bonds. The van der Waals surface area contributed by atoms with E-state index in [1.807, 2.05) is 0 Å². The Hall–Kier alpha value is -0.570. The van der Waals surface area contributed by atoms with Gasteiger partial charge in [0.1, 0.15) is 0 Å². The summed E-state index contributed by atoms with van der Waals surface area (Å²) in [5.41, 5.74) is 0. The van der Waals surface area contributed by atoms with Crippen molar-refractivity contribution in [3.05, 3.63) is 0 Å². The summed E-state index contributed by atoms with van der Waals surface area (Å²) in [7, 11) is 0. The molecule has 1 saturated carbocycles. The third kappa shape index (κ3) is 2.76. The second kappa shape index (κ2) is 5.17. The maximum absolute atomic E-state index is 12.4. The molecule has 1 N–H and O–H groups in total. The van der Waals surface area contributed by atoms with E-state index in [9.17, 15) is 4.79 Å². The first kappa shape index (κ1) is 11.9. The van der Waals surface area contributed by atoms with Crippen LogP contribution in [-0.2, 0) is 4.79 Å². The van der Waals surface area contributed by atoms with Crippen molar-refractivity contribution in [1.82, 2.24) is 10.2 Å². The van der Waals surface area contributed by atoms with Crippen molar-refractivity contribution in [3.63, 3.8) is 0 Å². The molecular formula is C13H24N2O. The molecule has 2 rings (SSSR count). The summed E-state index contributed by atoms with van der Waals surface area (Å²) in [6.45, 7) is 6.30. The summed E-state index contributed by atoms with van der Waals surface area (Å²) in [6, 6.07) is 1.09. The van der Waals surface area contributed by atoms with Crippen molar-refractivity contribution < 1.29 is 4.79 Å². The van der Waals surface area contributed by atoms with E-state index in [1.54, 1.807) is 0 Å². The quantitative estimate of drug-likeness (QED) is 0.789. The molecule has 3 nitrogen and oxygen atoms in total. The first-order valence-electron chi connectivity index (χ1n) is 6.76. The topological polar surface area (TPSA) is 32.3 Å². The molecule has 1 aliphatic heterocycles. The number of nitrogens with one attached hydrogen (secondary N) is 1. The molecule has 0 radical (unpaired) electrons. The monoisotopic (exact) mass is 224 g/mol. The van der Waals surface area contributed by atoms with Crippen LogP contribution in [0.3, 0.4) is 0 Å². The maximum Gasteiger partial charge on any atom is 0.226 e. The Morgan fingerprint density at radius 3 is 2.69 bits per heavy atom. The Kier molecular flexibility index (Phi) is 3.85. The van der Waals surface area contributed by atoms with Gasteiger partial charge in [-0.1, -0.05) is 6.92 Å². The van der Waals surface area contributed by atoms with E-state index in [-0.39, 0.29) is 5.92 Å². The molecule has 0 unspecified atom stereocenters. The van der Waals surface area contributed by atoms with Crippen molar-refractivity contribution in [2.24, 2.45) is 5.92 Å². The first-order chi connectivity index (χ1) is 7.72. The predicted molar refractivity (Wildman–Crippen MR) is 65.2 cm³/mol. The van der Waals surface area contributed by atoms with Gasteiger partial charge in [-0.05, 0) is 45.6 Å². The van der Waals surface area contributed by atoms with Crippen LogP contribution >= 0.6 is 0 Å². The number of piperidine rings is 1. The van der Waals surface area contributed by atoms with Crippen molar-refractivity contribution in [2.75, 3.05) is 13.1 Å². The van der Waals surface area contributed by atoms with E-state index in [4.69, 9.17) is 0 Å². The second-order valence-corrected chi connectivity index (χ2v) is 5.34. The standard InChI is InChI=1S/C13H24N2O/c1-3-8-15(12-4-5-12)13(16)11-6-7-14-10(2)9-11/h10-12,14H,3-9H2,1-2H3/t10-,11-/m0/s1. The molecule has 16 heavy (non-hydrogen) atoms. The number of amides is 1. The van der Waals surface area contributed by atoms with Crippen molar-refractivity contribution >= 4 is 5.91 Å². The fourth-order valence-electron chi connectivity index (χ4n) is 2.69. The highest BCUT2D eigenvalue weighted by Crippen LogP contribution is 2.30. The second-order valence-electron chi connectivity index (χ2n) is 5.34. The average Bonchev–Trinajstić information content (AvgIpc) is 3.09. The summed E-state index contributed by atoms with van der Waals surface area (Å²) in [5, 5.41) is 3.41. The fourth-order valence-corrected chi connectivity index (χ4v) is 2.69. The van der Waals surface area contributed by atoms with Gasteiger partial charge in [-0.15, -0.1) is 0 Å². The Morgan fingerprint density at radius 2 is 2.12 bits per heavy atom. The molecule has 0 aromatic rings. The van der Waals surface area contributed by atoms with Gasteiger partial charge in [0, 0.05) is 24.5 Å². The van der Waals surface area contributed by atoms with E-state index in [0.29, 0.717) is 18.0 Å². The van der Waals surface area contributed by atoms with Gasteiger partial charge in [0.25, 0.3) is 0 Å². The zero-order valence-electron chi connectivity index (χ0n) is 10.5. The van der Waals surface area contributed by atoms with Crippen LogP contribution in [0.2, 0.25) is 0 Å². The lowest BCUT2D eigenvalue weighted by atomic mass is 9.92. The van der Waals surface area contributed by atoms with Gasteiger partial charge in [-0.2, -0.15) is 0 Å². The van der Waals surface area contributed by atoms with Gasteiger partial charge < -0.3 is 10.2 Å². The summed E-state index contributed by atoms with van der Waals surface area (Å²) < 4.78 is 0. The zero-order valence-corrected chi connectivity index (χ0v) is 10.5. The maximum atomic E-state index is 12.4. The fraction of sp³-hybridized carbons (Fsp3) is 0.923. The lowest BCUT2D eigenvalue weighted by Crippen LogP contribution is -2.45. The molecule has 3 heteroatoms. The number of hydrogen-bond donors (Lipinski definition) is 1. The zero-order chi connectivity index (χ0) is 11.5. The van der Waals surface area contributed by atoms with Gasteiger partial charge in [0.15, 0.2) is 0 Å². The minimum Gasteiger partial charge on any atom is -0.339 e. The Labute approximate surface area is 98.6 Å². The van der Waals surface area contributed by atoms with Crippen LogP contribution in [0.15, 0.2) is 0 Å². The Balaban J connectivity index is 1.92. The lowest BCUT2D eigenvalue weighted by Gasteiger charge is -2.32. The molecule has 2 fully saturated rings. The third-order valence-electron chi connectivity index (χ3n) is 3.71. The van der Waals surface area contributed by atoms with E-state index in [1.165, 1.54) is 12.8 Å². The van der Waals surface area contributed by atoms with Gasteiger partial charge in [-0.25, -0.2) is 0 Å². The van der Waals surface area contributed by atoms with Crippen LogP contribution < -0.4 is 5.32 Å². The molecule has 1 aliphatic carbocycles. The molecule has 0 aromatic heterocycles. The minimum absolute atomic E-state index is 0.281. The highest BCUT2D eigenvalue weighted by molar-refractivity contribution is 5.79. The number of carbonyl (C=O) groups excluding carboxylic acids is 1. The summed E-state index contributed by atoms with van der Waals surface area (Å²) in [6.07, 6.45) is 5.59. The van der Waals surface area contributed by atoms with E-state index < -0.39 is 0 Å². The molecule has 92 valence electrons. The van der Waals surface area contributed by atoms with Crippen molar-refractivity contribution in [2.45, 2.75) is 58.0 Å². The number of carbonyl (C=O) groups is 1. The first-order valence-corrected chi connectivity index (χ1v) is 6.76. The van der Waals surface area contributed by atoms with Crippen LogP contribution in [0.5, 0.6) is 0 Å². The highest BCUT2D eigenvalue weighted by atomic mass is 16.2. The van der Waals surface area contributed by atoms with Gasteiger partial charge in [0.2, 0.25) is 5.91 Å². The largest absolute Gasteiger partial charge is 0.339 e. The Bertz CT molecular complexity index is 250. The van der Waals surface area contributed by atoms with E-state index in [2.05, 4.69) is 24.1 Å². The van der Waals surface area contributed by atoms with Crippen LogP contribution in [-0.4, -0.2) is 36.0 Å². The minimum atomic E-state index is 0.281. The predicted octanol–water partition coefficient (Wildman–Crippen LogP) is 1.78. The molecule has 1 heterocycles. The number of rotatable bonds is 4. The van der Waals surface area contributed by atoms with Gasteiger partial charge in [-0.3, -0.25) is 4.79 Å². The van der Waals surface area contributed by atoms with E-state index >= 15 is 0 Å². The average molecular weight is 224 g/mol. The SMILES string of the molecule is CCCN(C(=O)[C@H]1CCN[C@@H](C)C1)C1CC1. The molecule has 2 atom stereocenters. The number of hydrogen-bond acceptors (Lipinski definition) is 2. The van der Waals surface area contributed by atoms with Crippen LogP contribution in [0.25, 0.3) is 0 Å². The summed E-state index contributed by atoms with van der Waals surface area (Å²) in [4.78, 5) is 14.6. The normalized spacial score (nSPS) is 30.1. The molecule has 1 saturated heterocycles. The molecule has 2 aliphatic rings. The van der Waals surface area contributed by atoms with Gasteiger partial charge in [0.05, 0.1) is 0 Å². The molecule has 0 spiro atoms. The van der Waals surface area contributed by atoms with Crippen LogP contribution in [0.4, 0.5) is 0 Å². The molecule has 0 bridgehead atoms. The highest BCUT2D eigenvalue weighted by Gasteiger charge is 2.36. The van der Waals surface area contributed by atoms with Crippen LogP contribution in [0, 0.1) is 5.92 Å². The Morgan fingerprint density at radius 1 is 1.38 bits per heavy atom. The lowest BCUT2D eigenvalue weighted by molar-refractivity contribution is -0.137. The summed E-state index contributed by atoms with van der Waals surface area (Å²) in [5.74, 6) is 0.709. The van der Waals surface area contributed by atoms with Crippen molar-refractivity contribution in [1.29, 1.82) is 0 Å². The smallest absolute Gasteiger partial charge is 0.226 e. The summed E-state index contributed by atoms with van der Waals surface area (Å²) >= 11 is 0. The van der Waals surface area contributed by atoms with E-state index in [0.717, 1.165) is 32.4 Å². The van der Waals surface area contributed by atoms with Gasteiger partial charge >= 0.3 is 0 Å². The van der Waals surface area contributed by atoms with Crippen LogP contribution in [0.1, 0.15) is 46.0 Å². The van der Waals surface area contributed by atoms with Crippen molar-refractivity contribution in [3.8, 4) is 0 Å². The molecule has 0 aromatic carbocycles.